The molecule has 3 N–H and O–H groups in total. The number of hydrogen-bond acceptors (Lipinski definition) is 5. The van der Waals surface area contributed by atoms with E-state index in [4.69, 9.17) is 5.73 Å². The zero-order chi connectivity index (χ0) is 13.9. The molecule has 0 radical (unpaired) electrons. The van der Waals surface area contributed by atoms with E-state index in [9.17, 15) is 10.1 Å². The van der Waals surface area contributed by atoms with Gasteiger partial charge in [-0.3, -0.25) is 10.1 Å². The van der Waals surface area contributed by atoms with Crippen molar-refractivity contribution in [3.05, 3.63) is 26.9 Å². The van der Waals surface area contributed by atoms with Crippen LogP contribution in [0, 0.1) is 15.5 Å². The molecular weight excluding hydrogens is 300 g/mol. The van der Waals surface area contributed by atoms with Crippen molar-refractivity contribution in [1.29, 1.82) is 0 Å². The van der Waals surface area contributed by atoms with Gasteiger partial charge >= 0.3 is 5.69 Å². The molecule has 1 unspecified atom stereocenters. The highest BCUT2D eigenvalue weighted by atomic mass is 79.9. The first-order chi connectivity index (χ1) is 8.25. The largest absolute Gasteiger partial charge is 0.360 e. The molecule has 1 aromatic heterocycles. The molecule has 0 bridgehead atoms. The Morgan fingerprint density at radius 2 is 2.22 bits per heavy atom. The maximum absolute atomic E-state index is 11.0. The highest BCUT2D eigenvalue weighted by molar-refractivity contribution is 9.10. The van der Waals surface area contributed by atoms with Crippen molar-refractivity contribution in [2.24, 2.45) is 11.1 Å². The molecule has 0 spiro atoms. The minimum Gasteiger partial charge on any atom is -0.360 e. The Morgan fingerprint density at radius 1 is 1.61 bits per heavy atom. The first-order valence-corrected chi connectivity index (χ1v) is 6.31. The number of pyridine rings is 1. The molecule has 1 rings (SSSR count). The van der Waals surface area contributed by atoms with Gasteiger partial charge in [0.1, 0.15) is 0 Å². The van der Waals surface area contributed by atoms with E-state index in [-0.39, 0.29) is 23.0 Å². The Morgan fingerprint density at radius 3 is 2.67 bits per heavy atom. The average Bonchev–Trinajstić information content (AvgIpc) is 2.25. The van der Waals surface area contributed by atoms with Gasteiger partial charge in [0.25, 0.3) is 0 Å². The number of aromatic nitrogens is 1. The molecule has 0 saturated heterocycles. The van der Waals surface area contributed by atoms with Crippen molar-refractivity contribution in [3.8, 4) is 0 Å². The molecule has 0 aliphatic carbocycles. The van der Waals surface area contributed by atoms with Crippen molar-refractivity contribution in [3.63, 3.8) is 0 Å². The Balaban J connectivity index is 3.07. The number of rotatable bonds is 4. The Labute approximate surface area is 114 Å². The zero-order valence-electron chi connectivity index (χ0n) is 10.6. The fourth-order valence-electron chi connectivity index (χ4n) is 1.47. The zero-order valence-corrected chi connectivity index (χ0v) is 12.2. The summed E-state index contributed by atoms with van der Waals surface area (Å²) in [5, 5.41) is 14.0. The van der Waals surface area contributed by atoms with Crippen LogP contribution >= 0.6 is 15.9 Å². The van der Waals surface area contributed by atoms with Crippen molar-refractivity contribution in [2.45, 2.75) is 26.8 Å². The number of anilines is 1. The third-order valence-corrected chi connectivity index (χ3v) is 3.06. The van der Waals surface area contributed by atoms with Gasteiger partial charge in [-0.05, 0) is 21.3 Å². The lowest BCUT2D eigenvalue weighted by atomic mass is 9.87. The molecule has 0 aliphatic rings. The maximum Gasteiger partial charge on any atom is 0.312 e. The standard InChI is InChI=1S/C11H17BrN4O2/c1-11(2,3)9(5-13)15-10-8(16(17)18)4-7(12)6-14-10/h4,6,9H,5,13H2,1-3H3,(H,14,15). The fraction of sp³-hybridized carbons (Fsp3) is 0.545. The lowest BCUT2D eigenvalue weighted by molar-refractivity contribution is -0.384. The van der Waals surface area contributed by atoms with Crippen molar-refractivity contribution in [1.82, 2.24) is 4.98 Å². The average molecular weight is 317 g/mol. The summed E-state index contributed by atoms with van der Waals surface area (Å²) in [4.78, 5) is 14.6. The minimum atomic E-state index is -0.462. The minimum absolute atomic E-state index is 0.0629. The molecule has 0 saturated carbocycles. The molecule has 0 aliphatic heterocycles. The summed E-state index contributed by atoms with van der Waals surface area (Å²) in [5.41, 5.74) is 5.52. The molecule has 0 aromatic carbocycles. The van der Waals surface area contributed by atoms with Crippen LogP contribution in [0.3, 0.4) is 0 Å². The third kappa shape index (κ3) is 3.64. The summed E-state index contributed by atoms with van der Waals surface area (Å²) in [6, 6.07) is 1.33. The number of halogens is 1. The lowest BCUT2D eigenvalue weighted by Gasteiger charge is -2.30. The second-order valence-corrected chi connectivity index (χ2v) is 5.99. The summed E-state index contributed by atoms with van der Waals surface area (Å²) in [6.45, 7) is 6.42. The summed E-state index contributed by atoms with van der Waals surface area (Å²) in [6.07, 6.45) is 1.52. The van der Waals surface area contributed by atoms with Gasteiger partial charge in [0.05, 0.1) is 4.92 Å². The van der Waals surface area contributed by atoms with Crippen LogP contribution in [0.15, 0.2) is 16.7 Å². The molecule has 18 heavy (non-hydrogen) atoms. The monoisotopic (exact) mass is 316 g/mol. The van der Waals surface area contributed by atoms with Gasteiger partial charge < -0.3 is 11.1 Å². The maximum atomic E-state index is 11.0. The van der Waals surface area contributed by atoms with E-state index >= 15 is 0 Å². The number of hydrogen-bond donors (Lipinski definition) is 2. The SMILES string of the molecule is CC(C)(C)C(CN)Nc1ncc(Br)cc1[N+](=O)[O-]. The van der Waals surface area contributed by atoms with Crippen LogP contribution < -0.4 is 11.1 Å². The summed E-state index contributed by atoms with van der Waals surface area (Å²) >= 11 is 3.17. The predicted molar refractivity (Wildman–Crippen MR) is 74.5 cm³/mol. The lowest BCUT2D eigenvalue weighted by Crippen LogP contribution is -2.40. The molecule has 1 heterocycles. The quantitative estimate of drug-likeness (QED) is 0.657. The Kier molecular flexibility index (Phi) is 4.64. The number of nitrogens with two attached hydrogens (primary N) is 1. The van der Waals surface area contributed by atoms with Crippen molar-refractivity contribution >= 4 is 27.4 Å². The van der Waals surface area contributed by atoms with E-state index in [1.165, 1.54) is 12.3 Å². The van der Waals surface area contributed by atoms with Crippen LogP contribution in [-0.4, -0.2) is 22.5 Å². The van der Waals surface area contributed by atoms with Crippen LogP contribution in [0.1, 0.15) is 20.8 Å². The third-order valence-electron chi connectivity index (χ3n) is 2.62. The molecule has 1 aromatic rings. The van der Waals surface area contributed by atoms with E-state index in [0.717, 1.165) is 0 Å². The number of nitro groups is 1. The summed E-state index contributed by atoms with van der Waals surface area (Å²) in [7, 11) is 0. The highest BCUT2D eigenvalue weighted by Gasteiger charge is 2.26. The van der Waals surface area contributed by atoms with Gasteiger partial charge in [-0.15, -0.1) is 0 Å². The second kappa shape index (κ2) is 5.62. The molecule has 0 fully saturated rings. The number of nitrogens with one attached hydrogen (secondary N) is 1. The number of nitrogens with zero attached hydrogens (tertiary/aromatic N) is 2. The fourth-order valence-corrected chi connectivity index (χ4v) is 1.79. The van der Waals surface area contributed by atoms with Gasteiger partial charge in [0, 0.05) is 29.3 Å². The van der Waals surface area contributed by atoms with E-state index < -0.39 is 4.92 Å². The smallest absolute Gasteiger partial charge is 0.312 e. The molecule has 6 nitrogen and oxygen atoms in total. The molecule has 0 amide bonds. The van der Waals surface area contributed by atoms with Gasteiger partial charge in [-0.2, -0.15) is 0 Å². The van der Waals surface area contributed by atoms with Crippen molar-refractivity contribution in [2.75, 3.05) is 11.9 Å². The Bertz CT molecular complexity index is 445. The molecule has 1 atom stereocenters. The predicted octanol–water partition coefficient (Wildman–Crippen LogP) is 2.54. The Hall–Kier alpha value is -1.21. The van der Waals surface area contributed by atoms with E-state index in [0.29, 0.717) is 11.0 Å². The molecule has 7 heteroatoms. The van der Waals surface area contributed by atoms with Gasteiger partial charge in [-0.1, -0.05) is 20.8 Å². The van der Waals surface area contributed by atoms with Gasteiger partial charge in [-0.25, -0.2) is 4.98 Å². The van der Waals surface area contributed by atoms with E-state index in [2.05, 4.69) is 26.2 Å². The van der Waals surface area contributed by atoms with Gasteiger partial charge in [0.15, 0.2) is 0 Å². The topological polar surface area (TPSA) is 94.1 Å². The molecule has 100 valence electrons. The first kappa shape index (κ1) is 14.8. The van der Waals surface area contributed by atoms with Crippen LogP contribution in [0.4, 0.5) is 11.5 Å². The second-order valence-electron chi connectivity index (χ2n) is 5.08. The van der Waals surface area contributed by atoms with E-state index in [1.807, 2.05) is 20.8 Å². The van der Waals surface area contributed by atoms with Crippen molar-refractivity contribution < 1.29 is 4.92 Å². The van der Waals surface area contributed by atoms with Crippen LogP contribution in [-0.2, 0) is 0 Å². The normalized spacial score (nSPS) is 13.2. The summed E-state index contributed by atoms with van der Waals surface area (Å²) in [5.74, 6) is 0.244. The summed E-state index contributed by atoms with van der Waals surface area (Å²) < 4.78 is 0.569. The van der Waals surface area contributed by atoms with Crippen LogP contribution in [0.2, 0.25) is 0 Å². The van der Waals surface area contributed by atoms with Crippen LogP contribution in [0.25, 0.3) is 0 Å². The molecular formula is C11H17BrN4O2. The van der Waals surface area contributed by atoms with E-state index in [1.54, 1.807) is 0 Å². The van der Waals surface area contributed by atoms with Crippen LogP contribution in [0.5, 0.6) is 0 Å². The van der Waals surface area contributed by atoms with Gasteiger partial charge in [0.2, 0.25) is 5.82 Å². The highest BCUT2D eigenvalue weighted by Crippen LogP contribution is 2.29. The first-order valence-electron chi connectivity index (χ1n) is 5.52.